The number of hydrogen-bond acceptors (Lipinski definition) is 3. The quantitative estimate of drug-likeness (QED) is 0.690. The highest BCUT2D eigenvalue weighted by atomic mass is 16.6. The van der Waals surface area contributed by atoms with Crippen LogP contribution in [0.15, 0.2) is 0 Å². The molecule has 5 nitrogen and oxygen atoms in total. The Bertz CT molecular complexity index is 248. The molecule has 15 heavy (non-hydrogen) atoms. The van der Waals surface area contributed by atoms with Crippen molar-refractivity contribution in [2.24, 2.45) is 0 Å². The number of nitrogens with zero attached hydrogens (tertiary/aromatic N) is 1. The molecule has 2 amide bonds. The van der Waals surface area contributed by atoms with Gasteiger partial charge in [-0.1, -0.05) is 0 Å². The molecule has 0 bridgehead atoms. The molecule has 0 saturated carbocycles. The Morgan fingerprint density at radius 3 is 2.67 bits per heavy atom. The minimum Gasteiger partial charge on any atom is -0.444 e. The summed E-state index contributed by atoms with van der Waals surface area (Å²) in [7, 11) is 0. The van der Waals surface area contributed by atoms with Crippen molar-refractivity contribution in [1.29, 1.82) is 0 Å². The molecule has 0 radical (unpaired) electrons. The molecule has 0 aromatic heterocycles. The van der Waals surface area contributed by atoms with E-state index in [0.29, 0.717) is 13.1 Å². The van der Waals surface area contributed by atoms with Crippen molar-refractivity contribution in [2.75, 3.05) is 13.1 Å². The summed E-state index contributed by atoms with van der Waals surface area (Å²) in [6, 6.07) is 0. The monoisotopic (exact) mass is 214 g/mol. The molecule has 1 unspecified atom stereocenters. The lowest BCUT2D eigenvalue weighted by Gasteiger charge is -2.21. The van der Waals surface area contributed by atoms with E-state index in [1.165, 1.54) is 0 Å². The fourth-order valence-corrected chi connectivity index (χ4v) is 1.43. The maximum Gasteiger partial charge on any atom is 0.407 e. The zero-order chi connectivity index (χ0) is 11.5. The van der Waals surface area contributed by atoms with Crippen LogP contribution < -0.4 is 5.32 Å². The van der Waals surface area contributed by atoms with Gasteiger partial charge in [-0.05, 0) is 20.8 Å². The zero-order valence-electron chi connectivity index (χ0n) is 9.45. The number of ether oxygens (including phenoxy) is 1. The average molecular weight is 214 g/mol. The highest BCUT2D eigenvalue weighted by molar-refractivity contribution is 5.68. The predicted molar refractivity (Wildman–Crippen MR) is 55.4 cm³/mol. The second kappa shape index (κ2) is 4.51. The van der Waals surface area contributed by atoms with Crippen molar-refractivity contribution in [2.45, 2.75) is 38.8 Å². The Labute approximate surface area is 89.8 Å². The highest BCUT2D eigenvalue weighted by Gasteiger charge is 2.25. The van der Waals surface area contributed by atoms with E-state index in [-0.39, 0.29) is 11.6 Å². The Morgan fingerprint density at radius 1 is 1.53 bits per heavy atom. The van der Waals surface area contributed by atoms with E-state index in [1.807, 2.05) is 20.8 Å². The van der Waals surface area contributed by atoms with Crippen LogP contribution >= 0.6 is 0 Å². The van der Waals surface area contributed by atoms with Crippen LogP contribution in [0.3, 0.4) is 0 Å². The number of nitrogens with one attached hydrogen (secondary N) is 1. The topological polar surface area (TPSA) is 58.6 Å². The SMILES string of the molecule is CC(C)(C)NC(=O)OC1CCN(C=O)C1. The Hall–Kier alpha value is -1.26. The molecule has 0 aromatic carbocycles. The van der Waals surface area contributed by atoms with E-state index < -0.39 is 6.09 Å². The molecular formula is C10H18N2O3. The van der Waals surface area contributed by atoms with Crippen molar-refractivity contribution in [3.05, 3.63) is 0 Å². The second-order valence-corrected chi connectivity index (χ2v) is 4.79. The summed E-state index contributed by atoms with van der Waals surface area (Å²) in [5.41, 5.74) is -0.292. The summed E-state index contributed by atoms with van der Waals surface area (Å²) < 4.78 is 5.17. The molecule has 1 aliphatic rings. The van der Waals surface area contributed by atoms with Gasteiger partial charge in [-0.3, -0.25) is 4.79 Å². The van der Waals surface area contributed by atoms with Crippen LogP contribution in [0.2, 0.25) is 0 Å². The van der Waals surface area contributed by atoms with E-state index >= 15 is 0 Å². The van der Waals surface area contributed by atoms with E-state index in [9.17, 15) is 9.59 Å². The highest BCUT2D eigenvalue weighted by Crippen LogP contribution is 2.11. The van der Waals surface area contributed by atoms with Crippen molar-refractivity contribution in [3.8, 4) is 0 Å². The van der Waals surface area contributed by atoms with Gasteiger partial charge in [0.05, 0.1) is 6.54 Å². The maximum absolute atomic E-state index is 11.4. The largest absolute Gasteiger partial charge is 0.444 e. The molecule has 1 heterocycles. The summed E-state index contributed by atoms with van der Waals surface area (Å²) in [6.45, 7) is 6.83. The van der Waals surface area contributed by atoms with Gasteiger partial charge in [0.2, 0.25) is 6.41 Å². The summed E-state index contributed by atoms with van der Waals surface area (Å²) in [5, 5.41) is 2.71. The van der Waals surface area contributed by atoms with Gasteiger partial charge in [0.1, 0.15) is 6.10 Å². The second-order valence-electron chi connectivity index (χ2n) is 4.79. The molecule has 1 fully saturated rings. The van der Waals surface area contributed by atoms with Gasteiger partial charge in [0.15, 0.2) is 0 Å². The van der Waals surface area contributed by atoms with Gasteiger partial charge < -0.3 is 15.0 Å². The number of hydrogen-bond donors (Lipinski definition) is 1. The van der Waals surface area contributed by atoms with Crippen LogP contribution in [-0.2, 0) is 9.53 Å². The van der Waals surface area contributed by atoms with E-state index in [1.54, 1.807) is 4.90 Å². The number of carbonyl (C=O) groups is 2. The lowest BCUT2D eigenvalue weighted by molar-refractivity contribution is -0.117. The van der Waals surface area contributed by atoms with Crippen LogP contribution in [0, 0.1) is 0 Å². The molecule has 0 spiro atoms. The van der Waals surface area contributed by atoms with E-state index in [4.69, 9.17) is 4.74 Å². The molecular weight excluding hydrogens is 196 g/mol. The predicted octanol–water partition coefficient (Wildman–Crippen LogP) is 0.742. The van der Waals surface area contributed by atoms with Gasteiger partial charge in [-0.15, -0.1) is 0 Å². The third-order valence-corrected chi connectivity index (χ3v) is 2.08. The third kappa shape index (κ3) is 4.18. The van der Waals surface area contributed by atoms with Gasteiger partial charge in [-0.2, -0.15) is 0 Å². The molecule has 1 saturated heterocycles. The summed E-state index contributed by atoms with van der Waals surface area (Å²) in [4.78, 5) is 23.4. The number of amides is 2. The van der Waals surface area contributed by atoms with Crippen molar-refractivity contribution < 1.29 is 14.3 Å². The standard InChI is InChI=1S/C10H18N2O3/c1-10(2,3)11-9(14)15-8-4-5-12(6-8)7-13/h7-8H,4-6H2,1-3H3,(H,11,14). The smallest absolute Gasteiger partial charge is 0.407 e. The fraction of sp³-hybridized carbons (Fsp3) is 0.800. The van der Waals surface area contributed by atoms with Crippen molar-refractivity contribution in [3.63, 3.8) is 0 Å². The number of alkyl carbamates (subject to hydrolysis) is 1. The third-order valence-electron chi connectivity index (χ3n) is 2.08. The van der Waals surface area contributed by atoms with Crippen LogP contribution in [0.5, 0.6) is 0 Å². The van der Waals surface area contributed by atoms with Gasteiger partial charge in [-0.25, -0.2) is 4.79 Å². The molecule has 1 aliphatic heterocycles. The molecule has 1 rings (SSSR count). The lowest BCUT2D eigenvalue weighted by Crippen LogP contribution is -2.42. The Balaban J connectivity index is 2.31. The van der Waals surface area contributed by atoms with E-state index in [2.05, 4.69) is 5.32 Å². The Morgan fingerprint density at radius 2 is 2.20 bits per heavy atom. The summed E-state index contributed by atoms with van der Waals surface area (Å²) >= 11 is 0. The minimum atomic E-state index is -0.416. The zero-order valence-corrected chi connectivity index (χ0v) is 9.45. The first-order valence-corrected chi connectivity index (χ1v) is 5.09. The van der Waals surface area contributed by atoms with Crippen LogP contribution in [-0.4, -0.2) is 42.1 Å². The first-order chi connectivity index (χ1) is 6.90. The van der Waals surface area contributed by atoms with E-state index in [0.717, 1.165) is 12.8 Å². The molecule has 0 aliphatic carbocycles. The number of likely N-dealkylation sites (tertiary alicyclic amines) is 1. The van der Waals surface area contributed by atoms with Gasteiger partial charge in [0, 0.05) is 18.5 Å². The molecule has 86 valence electrons. The first kappa shape index (κ1) is 11.8. The average Bonchev–Trinajstić information content (AvgIpc) is 2.48. The summed E-state index contributed by atoms with van der Waals surface area (Å²) in [5.74, 6) is 0. The van der Waals surface area contributed by atoms with Crippen LogP contribution in [0.1, 0.15) is 27.2 Å². The normalized spacial score (nSPS) is 21.3. The number of rotatable bonds is 2. The van der Waals surface area contributed by atoms with Crippen LogP contribution in [0.25, 0.3) is 0 Å². The van der Waals surface area contributed by atoms with Crippen molar-refractivity contribution in [1.82, 2.24) is 10.2 Å². The number of carbonyl (C=O) groups excluding carboxylic acids is 2. The minimum absolute atomic E-state index is 0.169. The van der Waals surface area contributed by atoms with Crippen LogP contribution in [0.4, 0.5) is 4.79 Å². The van der Waals surface area contributed by atoms with Gasteiger partial charge >= 0.3 is 6.09 Å². The molecule has 1 N–H and O–H groups in total. The molecule has 0 aromatic rings. The van der Waals surface area contributed by atoms with Crippen molar-refractivity contribution >= 4 is 12.5 Å². The molecule has 1 atom stereocenters. The maximum atomic E-state index is 11.4. The first-order valence-electron chi connectivity index (χ1n) is 5.09. The lowest BCUT2D eigenvalue weighted by atomic mass is 10.1. The molecule has 5 heteroatoms. The Kier molecular flexibility index (Phi) is 3.55. The van der Waals surface area contributed by atoms with Gasteiger partial charge in [0.25, 0.3) is 0 Å². The fourth-order valence-electron chi connectivity index (χ4n) is 1.43. The summed E-state index contributed by atoms with van der Waals surface area (Å²) in [6.07, 6.45) is 0.916.